The summed E-state index contributed by atoms with van der Waals surface area (Å²) in [6, 6.07) is 12.8. The Balaban J connectivity index is 1.74. The van der Waals surface area contributed by atoms with Gasteiger partial charge in [-0.1, -0.05) is 18.2 Å². The molecule has 0 bridgehead atoms. The number of carbonyl (C=O) groups is 1. The molecule has 0 aliphatic rings. The molecule has 2 heterocycles. The number of hydrogen-bond donors (Lipinski definition) is 0. The van der Waals surface area contributed by atoms with Gasteiger partial charge in [-0.05, 0) is 37.4 Å². The highest BCUT2D eigenvalue weighted by molar-refractivity contribution is 7.98. The molecule has 0 saturated carbocycles. The molecular formula is C17H15N3O3S. The van der Waals surface area contributed by atoms with Crippen LogP contribution >= 0.6 is 11.8 Å². The average molecular weight is 341 g/mol. The van der Waals surface area contributed by atoms with Crippen LogP contribution in [-0.4, -0.2) is 27.4 Å². The van der Waals surface area contributed by atoms with E-state index in [0.717, 1.165) is 5.56 Å². The summed E-state index contributed by atoms with van der Waals surface area (Å²) in [5, 5.41) is 8.58. The number of ether oxygens (including phenoxy) is 1. The fraction of sp³-hybridized carbons (Fsp3) is 0.176. The Morgan fingerprint density at radius 1 is 1.17 bits per heavy atom. The summed E-state index contributed by atoms with van der Waals surface area (Å²) in [5.41, 5.74) is 1.23. The van der Waals surface area contributed by atoms with Gasteiger partial charge in [-0.2, -0.15) is 0 Å². The van der Waals surface area contributed by atoms with Crippen molar-refractivity contribution in [2.24, 2.45) is 0 Å². The monoisotopic (exact) mass is 341 g/mol. The second kappa shape index (κ2) is 7.27. The molecule has 7 heteroatoms. The van der Waals surface area contributed by atoms with Crippen LogP contribution in [0.2, 0.25) is 0 Å². The molecule has 3 aromatic rings. The van der Waals surface area contributed by atoms with Crippen LogP contribution in [0.25, 0.3) is 11.5 Å². The summed E-state index contributed by atoms with van der Waals surface area (Å²) < 4.78 is 11.0. The van der Waals surface area contributed by atoms with E-state index in [9.17, 15) is 4.79 Å². The quantitative estimate of drug-likeness (QED) is 0.516. The van der Waals surface area contributed by atoms with Gasteiger partial charge in [0.2, 0.25) is 5.89 Å². The fourth-order valence-corrected chi connectivity index (χ4v) is 2.62. The maximum atomic E-state index is 12.3. The van der Waals surface area contributed by atoms with Crippen molar-refractivity contribution in [3.8, 4) is 11.5 Å². The molecule has 1 aromatic carbocycles. The first-order valence-electron chi connectivity index (χ1n) is 7.28. The molecule has 0 radical (unpaired) electrons. The first-order valence-corrected chi connectivity index (χ1v) is 8.50. The van der Waals surface area contributed by atoms with E-state index >= 15 is 0 Å². The second-order valence-corrected chi connectivity index (χ2v) is 5.71. The summed E-state index contributed by atoms with van der Waals surface area (Å²) in [5.74, 6) is 0.163. The molecule has 0 aliphatic heterocycles. The van der Waals surface area contributed by atoms with Crippen LogP contribution in [-0.2, 0) is 4.74 Å². The van der Waals surface area contributed by atoms with Gasteiger partial charge in [-0.3, -0.25) is 0 Å². The number of nitrogens with zero attached hydrogens (tertiary/aromatic N) is 3. The van der Waals surface area contributed by atoms with Gasteiger partial charge < -0.3 is 9.15 Å². The highest BCUT2D eigenvalue weighted by atomic mass is 32.2. The minimum absolute atomic E-state index is 0.247. The third kappa shape index (κ3) is 3.46. The first-order chi connectivity index (χ1) is 11.7. The lowest BCUT2D eigenvalue weighted by atomic mass is 10.2. The fourth-order valence-electron chi connectivity index (χ4n) is 2.08. The van der Waals surface area contributed by atoms with E-state index in [1.165, 1.54) is 11.8 Å². The zero-order chi connectivity index (χ0) is 16.9. The van der Waals surface area contributed by atoms with Crippen molar-refractivity contribution in [2.45, 2.75) is 18.1 Å². The maximum absolute atomic E-state index is 12.3. The lowest BCUT2D eigenvalue weighted by Gasteiger charge is -2.10. The number of pyridine rings is 1. The first kappa shape index (κ1) is 16.2. The smallest absolute Gasteiger partial charge is 0.341 e. The highest BCUT2D eigenvalue weighted by Crippen LogP contribution is 2.24. The number of aromatic nitrogens is 3. The standard InChI is InChI=1S/C17H15N3O3S/c1-11(22-17(21)13-9-6-10-18-16(13)24-2)14-19-20-15(23-14)12-7-4-3-5-8-12/h3-11H,1-2H3/t11-/m1/s1. The molecule has 122 valence electrons. The zero-order valence-corrected chi connectivity index (χ0v) is 14.0. The summed E-state index contributed by atoms with van der Waals surface area (Å²) in [6.07, 6.45) is 2.83. The minimum Gasteiger partial charge on any atom is -0.449 e. The Morgan fingerprint density at radius 2 is 1.96 bits per heavy atom. The number of thioether (sulfide) groups is 1. The molecule has 1 atom stereocenters. The van der Waals surface area contributed by atoms with Crippen molar-refractivity contribution in [2.75, 3.05) is 6.26 Å². The SMILES string of the molecule is CSc1ncccc1C(=O)O[C@H](C)c1nnc(-c2ccccc2)o1. The number of carbonyl (C=O) groups excluding carboxylic acids is 1. The predicted molar refractivity (Wildman–Crippen MR) is 89.6 cm³/mol. The van der Waals surface area contributed by atoms with Gasteiger partial charge in [-0.25, -0.2) is 9.78 Å². The summed E-state index contributed by atoms with van der Waals surface area (Å²) in [6.45, 7) is 1.69. The van der Waals surface area contributed by atoms with Gasteiger partial charge in [0.15, 0.2) is 6.10 Å². The van der Waals surface area contributed by atoms with Gasteiger partial charge in [0, 0.05) is 11.8 Å². The Bertz CT molecular complexity index is 836. The summed E-state index contributed by atoms with van der Waals surface area (Å²) in [7, 11) is 0. The number of benzene rings is 1. The molecule has 2 aromatic heterocycles. The number of hydrogen-bond acceptors (Lipinski definition) is 7. The maximum Gasteiger partial charge on any atom is 0.341 e. The zero-order valence-electron chi connectivity index (χ0n) is 13.2. The van der Waals surface area contributed by atoms with Crippen molar-refractivity contribution in [1.82, 2.24) is 15.2 Å². The molecule has 0 amide bonds. The van der Waals surface area contributed by atoms with Crippen molar-refractivity contribution in [1.29, 1.82) is 0 Å². The van der Waals surface area contributed by atoms with Gasteiger partial charge in [0.25, 0.3) is 5.89 Å². The van der Waals surface area contributed by atoms with E-state index in [-0.39, 0.29) is 5.89 Å². The normalized spacial score (nSPS) is 11.9. The van der Waals surface area contributed by atoms with E-state index in [0.29, 0.717) is 16.5 Å². The molecule has 0 unspecified atom stereocenters. The van der Waals surface area contributed by atoms with Gasteiger partial charge in [0.1, 0.15) is 5.03 Å². The molecule has 0 aliphatic carbocycles. The van der Waals surface area contributed by atoms with Crippen LogP contribution in [0, 0.1) is 0 Å². The number of esters is 1. The Hall–Kier alpha value is -2.67. The summed E-state index contributed by atoms with van der Waals surface area (Å²) >= 11 is 1.38. The Morgan fingerprint density at radius 3 is 2.71 bits per heavy atom. The molecule has 0 saturated heterocycles. The number of rotatable bonds is 5. The molecule has 0 N–H and O–H groups in total. The van der Waals surface area contributed by atoms with Crippen LogP contribution in [0.15, 0.2) is 58.1 Å². The molecular weight excluding hydrogens is 326 g/mol. The molecule has 0 spiro atoms. The lowest BCUT2D eigenvalue weighted by Crippen LogP contribution is -2.11. The Labute approximate surface area is 143 Å². The van der Waals surface area contributed by atoms with Crippen LogP contribution in [0.5, 0.6) is 0 Å². The lowest BCUT2D eigenvalue weighted by molar-refractivity contribution is 0.0275. The van der Waals surface area contributed by atoms with Crippen LogP contribution < -0.4 is 0 Å². The van der Waals surface area contributed by atoms with Crippen molar-refractivity contribution < 1.29 is 13.9 Å². The average Bonchev–Trinajstić information content (AvgIpc) is 3.12. The predicted octanol–water partition coefficient (Wildman–Crippen LogP) is 3.77. The highest BCUT2D eigenvalue weighted by Gasteiger charge is 2.21. The molecule has 6 nitrogen and oxygen atoms in total. The van der Waals surface area contributed by atoms with Gasteiger partial charge in [0.05, 0.1) is 5.56 Å². The van der Waals surface area contributed by atoms with Crippen LogP contribution in [0.1, 0.15) is 29.3 Å². The minimum atomic E-state index is -0.655. The van der Waals surface area contributed by atoms with E-state index in [2.05, 4.69) is 15.2 Å². The third-order valence-corrected chi connectivity index (χ3v) is 3.99. The largest absolute Gasteiger partial charge is 0.449 e. The molecule has 0 fully saturated rings. The van der Waals surface area contributed by atoms with Crippen molar-refractivity contribution in [3.63, 3.8) is 0 Å². The summed E-state index contributed by atoms with van der Waals surface area (Å²) in [4.78, 5) is 16.5. The van der Waals surface area contributed by atoms with Crippen molar-refractivity contribution >= 4 is 17.7 Å². The van der Waals surface area contributed by atoms with E-state index < -0.39 is 12.1 Å². The van der Waals surface area contributed by atoms with Crippen LogP contribution in [0.4, 0.5) is 0 Å². The molecule has 3 rings (SSSR count). The van der Waals surface area contributed by atoms with Gasteiger partial charge in [-0.15, -0.1) is 22.0 Å². The van der Waals surface area contributed by atoms with Gasteiger partial charge >= 0.3 is 5.97 Å². The van der Waals surface area contributed by atoms with Crippen molar-refractivity contribution in [3.05, 3.63) is 60.1 Å². The van der Waals surface area contributed by atoms with E-state index in [1.54, 1.807) is 25.3 Å². The molecule has 24 heavy (non-hydrogen) atoms. The second-order valence-electron chi connectivity index (χ2n) is 4.92. The topological polar surface area (TPSA) is 78.1 Å². The Kier molecular flexibility index (Phi) is 4.90. The van der Waals surface area contributed by atoms with E-state index in [1.807, 2.05) is 36.6 Å². The third-order valence-electron chi connectivity index (χ3n) is 3.28. The van der Waals surface area contributed by atoms with Crippen LogP contribution in [0.3, 0.4) is 0 Å². The van der Waals surface area contributed by atoms with E-state index in [4.69, 9.17) is 9.15 Å².